The Morgan fingerprint density at radius 2 is 1.51 bits per heavy atom. The first-order chi connectivity index (χ1) is 17.0. The summed E-state index contributed by atoms with van der Waals surface area (Å²) in [5.74, 6) is -1.32. The molecule has 3 aromatic rings. The average molecular weight is 474 g/mol. The number of carbonyl (C=O) groups excluding carboxylic acids is 3. The number of ether oxygens (including phenoxy) is 1. The molecule has 0 unspecified atom stereocenters. The van der Waals surface area contributed by atoms with Gasteiger partial charge in [0.05, 0.1) is 19.8 Å². The lowest BCUT2D eigenvalue weighted by Gasteiger charge is -2.29. The van der Waals surface area contributed by atoms with Crippen LogP contribution in [0.3, 0.4) is 0 Å². The number of aliphatic hydroxyl groups is 1. The van der Waals surface area contributed by atoms with Gasteiger partial charge in [0, 0.05) is 41.2 Å². The van der Waals surface area contributed by atoms with Gasteiger partial charge < -0.3 is 25.4 Å². The molecule has 0 spiro atoms. The van der Waals surface area contributed by atoms with Crippen LogP contribution in [-0.4, -0.2) is 61.7 Å². The summed E-state index contributed by atoms with van der Waals surface area (Å²) in [6, 6.07) is 21.2. The standard InChI is InChI=1S/C27H27N3O5/c31-18-24(27(34)28-22-9-11-23(12-10-22)30-13-15-35-16-14-30)29-26(33)21-8-4-7-20(17-21)25(32)19-5-2-1-3-6-19/h1-12,17,24,31H,13-16,18H2,(H,28,34)(H,29,33)/t24-/m0/s1. The van der Waals surface area contributed by atoms with E-state index in [0.29, 0.717) is 30.0 Å². The Balaban J connectivity index is 1.38. The quantitative estimate of drug-likeness (QED) is 0.434. The molecular formula is C27H27N3O5. The highest BCUT2D eigenvalue weighted by Gasteiger charge is 2.22. The summed E-state index contributed by atoms with van der Waals surface area (Å²) in [6.45, 7) is 2.40. The van der Waals surface area contributed by atoms with Crippen molar-refractivity contribution in [3.05, 3.63) is 95.6 Å². The molecule has 8 nitrogen and oxygen atoms in total. The molecule has 1 aliphatic heterocycles. The molecule has 3 aromatic carbocycles. The zero-order chi connectivity index (χ0) is 24.6. The highest BCUT2D eigenvalue weighted by Crippen LogP contribution is 2.19. The van der Waals surface area contributed by atoms with Crippen molar-refractivity contribution in [3.63, 3.8) is 0 Å². The van der Waals surface area contributed by atoms with Crippen molar-refractivity contribution < 1.29 is 24.2 Å². The zero-order valence-corrected chi connectivity index (χ0v) is 19.1. The monoisotopic (exact) mass is 473 g/mol. The van der Waals surface area contributed by atoms with Crippen LogP contribution in [0.15, 0.2) is 78.9 Å². The smallest absolute Gasteiger partial charge is 0.252 e. The maximum atomic E-state index is 12.8. The molecule has 0 aliphatic carbocycles. The second-order valence-corrected chi connectivity index (χ2v) is 8.12. The summed E-state index contributed by atoms with van der Waals surface area (Å²) in [5.41, 5.74) is 2.66. The molecule has 0 radical (unpaired) electrons. The summed E-state index contributed by atoms with van der Waals surface area (Å²) in [4.78, 5) is 40.4. The molecule has 180 valence electrons. The molecule has 1 fully saturated rings. The minimum atomic E-state index is -1.16. The van der Waals surface area contributed by atoms with E-state index in [2.05, 4.69) is 15.5 Å². The molecule has 2 amide bonds. The van der Waals surface area contributed by atoms with Gasteiger partial charge in [0.25, 0.3) is 5.91 Å². The Labute approximate surface area is 203 Å². The first-order valence-corrected chi connectivity index (χ1v) is 11.4. The van der Waals surface area contributed by atoms with Gasteiger partial charge in [-0.15, -0.1) is 0 Å². The third-order valence-corrected chi connectivity index (χ3v) is 5.74. The second-order valence-electron chi connectivity index (χ2n) is 8.12. The average Bonchev–Trinajstić information content (AvgIpc) is 2.92. The lowest BCUT2D eigenvalue weighted by molar-refractivity contribution is -0.118. The second kappa shape index (κ2) is 11.4. The number of aliphatic hydroxyl groups excluding tert-OH is 1. The Morgan fingerprint density at radius 1 is 0.857 bits per heavy atom. The van der Waals surface area contributed by atoms with Crippen LogP contribution in [0.2, 0.25) is 0 Å². The Bertz CT molecular complexity index is 1170. The fourth-order valence-corrected chi connectivity index (χ4v) is 3.80. The minimum absolute atomic E-state index is 0.211. The molecule has 4 rings (SSSR count). The van der Waals surface area contributed by atoms with Crippen molar-refractivity contribution in [1.29, 1.82) is 0 Å². The van der Waals surface area contributed by atoms with Gasteiger partial charge in [0.15, 0.2) is 5.78 Å². The molecule has 0 bridgehead atoms. The SMILES string of the molecule is O=C(N[C@@H](CO)C(=O)Nc1ccc(N2CCOCC2)cc1)c1cccc(C(=O)c2ccccc2)c1. The van der Waals surface area contributed by atoms with E-state index in [0.717, 1.165) is 18.8 Å². The van der Waals surface area contributed by atoms with Gasteiger partial charge in [0.1, 0.15) is 6.04 Å². The predicted molar refractivity (Wildman–Crippen MR) is 133 cm³/mol. The van der Waals surface area contributed by atoms with Gasteiger partial charge in [-0.3, -0.25) is 14.4 Å². The number of hydrogen-bond acceptors (Lipinski definition) is 6. The number of anilines is 2. The van der Waals surface area contributed by atoms with Gasteiger partial charge in [-0.1, -0.05) is 42.5 Å². The molecule has 8 heteroatoms. The third-order valence-electron chi connectivity index (χ3n) is 5.74. The highest BCUT2D eigenvalue weighted by molar-refractivity contribution is 6.10. The Hall–Kier alpha value is -4.01. The zero-order valence-electron chi connectivity index (χ0n) is 19.1. The van der Waals surface area contributed by atoms with Crippen molar-refractivity contribution in [2.75, 3.05) is 43.1 Å². The maximum absolute atomic E-state index is 12.8. The molecule has 0 aromatic heterocycles. The van der Waals surface area contributed by atoms with Crippen LogP contribution < -0.4 is 15.5 Å². The van der Waals surface area contributed by atoms with E-state index in [1.165, 1.54) is 6.07 Å². The Morgan fingerprint density at radius 3 is 2.20 bits per heavy atom. The van der Waals surface area contributed by atoms with Crippen molar-refractivity contribution in [3.8, 4) is 0 Å². The van der Waals surface area contributed by atoms with Crippen LogP contribution in [0.5, 0.6) is 0 Å². The van der Waals surface area contributed by atoms with E-state index in [4.69, 9.17) is 4.74 Å². The molecule has 3 N–H and O–H groups in total. The summed E-state index contributed by atoms with van der Waals surface area (Å²) >= 11 is 0. The van der Waals surface area contributed by atoms with Crippen molar-refractivity contribution >= 4 is 29.0 Å². The van der Waals surface area contributed by atoms with Crippen LogP contribution >= 0.6 is 0 Å². The largest absolute Gasteiger partial charge is 0.394 e. The van der Waals surface area contributed by atoms with Gasteiger partial charge in [-0.05, 0) is 36.4 Å². The summed E-state index contributed by atoms with van der Waals surface area (Å²) in [7, 11) is 0. The molecule has 1 atom stereocenters. The van der Waals surface area contributed by atoms with Crippen LogP contribution in [0.25, 0.3) is 0 Å². The first kappa shape index (κ1) is 24.1. The number of nitrogens with zero attached hydrogens (tertiary/aromatic N) is 1. The van der Waals surface area contributed by atoms with Crippen molar-refractivity contribution in [2.24, 2.45) is 0 Å². The maximum Gasteiger partial charge on any atom is 0.252 e. The van der Waals surface area contributed by atoms with Gasteiger partial charge in [0.2, 0.25) is 5.91 Å². The van der Waals surface area contributed by atoms with E-state index in [1.54, 1.807) is 54.6 Å². The van der Waals surface area contributed by atoms with Gasteiger partial charge in [-0.2, -0.15) is 0 Å². The summed E-state index contributed by atoms with van der Waals surface area (Å²) in [6.07, 6.45) is 0. The van der Waals surface area contributed by atoms with Crippen LogP contribution in [-0.2, 0) is 9.53 Å². The fourth-order valence-electron chi connectivity index (χ4n) is 3.80. The molecule has 1 aliphatic rings. The van der Waals surface area contributed by atoms with Gasteiger partial charge >= 0.3 is 0 Å². The van der Waals surface area contributed by atoms with Crippen molar-refractivity contribution in [1.82, 2.24) is 5.32 Å². The number of rotatable bonds is 8. The first-order valence-electron chi connectivity index (χ1n) is 11.4. The third kappa shape index (κ3) is 6.11. The van der Waals surface area contributed by atoms with E-state index in [1.807, 2.05) is 18.2 Å². The van der Waals surface area contributed by atoms with Crippen LogP contribution in [0.4, 0.5) is 11.4 Å². The number of amides is 2. The minimum Gasteiger partial charge on any atom is -0.394 e. The molecular weight excluding hydrogens is 446 g/mol. The molecule has 0 saturated carbocycles. The fraction of sp³-hybridized carbons (Fsp3) is 0.222. The number of carbonyl (C=O) groups is 3. The van der Waals surface area contributed by atoms with Gasteiger partial charge in [-0.25, -0.2) is 0 Å². The normalized spacial score (nSPS) is 14.1. The Kier molecular flexibility index (Phi) is 7.87. The number of benzene rings is 3. The highest BCUT2D eigenvalue weighted by atomic mass is 16.5. The lowest BCUT2D eigenvalue weighted by atomic mass is 10.0. The molecule has 1 saturated heterocycles. The summed E-state index contributed by atoms with van der Waals surface area (Å²) in [5, 5.41) is 15.0. The number of hydrogen-bond donors (Lipinski definition) is 3. The predicted octanol–water partition coefficient (Wildman–Crippen LogP) is 2.48. The van der Waals surface area contributed by atoms with E-state index >= 15 is 0 Å². The molecule has 1 heterocycles. The molecule has 35 heavy (non-hydrogen) atoms. The lowest BCUT2D eigenvalue weighted by Crippen LogP contribution is -2.46. The number of morpholine rings is 1. The topological polar surface area (TPSA) is 108 Å². The number of nitrogens with one attached hydrogen (secondary N) is 2. The van der Waals surface area contributed by atoms with Crippen LogP contribution in [0.1, 0.15) is 26.3 Å². The van der Waals surface area contributed by atoms with Crippen molar-refractivity contribution in [2.45, 2.75) is 6.04 Å². The van der Waals surface area contributed by atoms with Crippen LogP contribution in [0, 0.1) is 0 Å². The van der Waals surface area contributed by atoms with E-state index in [9.17, 15) is 19.5 Å². The van der Waals surface area contributed by atoms with E-state index in [-0.39, 0.29) is 11.3 Å². The summed E-state index contributed by atoms with van der Waals surface area (Å²) < 4.78 is 5.36. The number of ketones is 1. The van der Waals surface area contributed by atoms with E-state index < -0.39 is 24.5 Å².